The summed E-state index contributed by atoms with van der Waals surface area (Å²) in [6, 6.07) is 13.5. The summed E-state index contributed by atoms with van der Waals surface area (Å²) in [5, 5.41) is 7.46. The van der Waals surface area contributed by atoms with E-state index in [4.69, 9.17) is 0 Å². The SMILES string of the molecule is O=C(Nc1ccccc1)C(S)Cc1csc(-c2cccs2)n1. The lowest BCUT2D eigenvalue weighted by molar-refractivity contribution is -0.115. The number of nitrogens with zero attached hydrogens (tertiary/aromatic N) is 1. The zero-order chi connectivity index (χ0) is 15.4. The summed E-state index contributed by atoms with van der Waals surface area (Å²) in [7, 11) is 0. The molecular formula is C16H14N2OS3. The number of nitrogens with one attached hydrogen (secondary N) is 1. The van der Waals surface area contributed by atoms with Crippen molar-refractivity contribution in [2.45, 2.75) is 11.7 Å². The molecule has 3 rings (SSSR count). The number of thiol groups is 1. The Labute approximate surface area is 142 Å². The van der Waals surface area contributed by atoms with Crippen LogP contribution >= 0.6 is 35.3 Å². The van der Waals surface area contributed by atoms with E-state index >= 15 is 0 Å². The van der Waals surface area contributed by atoms with E-state index in [1.54, 1.807) is 22.7 Å². The smallest absolute Gasteiger partial charge is 0.237 e. The van der Waals surface area contributed by atoms with Crippen LogP contribution in [0.1, 0.15) is 5.69 Å². The second-order valence-corrected chi connectivity index (χ2v) is 7.13. The summed E-state index contributed by atoms with van der Waals surface area (Å²) in [4.78, 5) is 17.9. The third-order valence-corrected chi connectivity index (χ3v) is 5.38. The highest BCUT2D eigenvalue weighted by atomic mass is 32.1. The molecule has 1 unspecified atom stereocenters. The molecule has 22 heavy (non-hydrogen) atoms. The molecule has 1 aromatic carbocycles. The Hall–Kier alpha value is -1.63. The summed E-state index contributed by atoms with van der Waals surface area (Å²) in [5.74, 6) is -0.111. The zero-order valence-corrected chi connectivity index (χ0v) is 14.1. The normalized spacial score (nSPS) is 12.0. The first-order chi connectivity index (χ1) is 10.7. The average molecular weight is 347 g/mol. The number of aromatic nitrogens is 1. The maximum atomic E-state index is 12.1. The number of rotatable bonds is 5. The number of thiophene rings is 1. The monoisotopic (exact) mass is 346 g/mol. The van der Waals surface area contributed by atoms with E-state index in [1.165, 1.54) is 0 Å². The molecule has 0 bridgehead atoms. The molecule has 0 aliphatic carbocycles. The van der Waals surface area contributed by atoms with Gasteiger partial charge in [-0.05, 0) is 23.6 Å². The maximum absolute atomic E-state index is 12.1. The highest BCUT2D eigenvalue weighted by molar-refractivity contribution is 7.81. The van der Waals surface area contributed by atoms with Gasteiger partial charge in [0.2, 0.25) is 5.91 Å². The van der Waals surface area contributed by atoms with E-state index < -0.39 is 5.25 Å². The van der Waals surface area contributed by atoms with Gasteiger partial charge in [-0.25, -0.2) is 4.98 Å². The van der Waals surface area contributed by atoms with E-state index in [0.29, 0.717) is 6.42 Å². The molecule has 0 fully saturated rings. The molecule has 6 heteroatoms. The molecule has 1 amide bonds. The van der Waals surface area contributed by atoms with Crippen LogP contribution < -0.4 is 5.32 Å². The Morgan fingerprint density at radius 1 is 1.18 bits per heavy atom. The zero-order valence-electron chi connectivity index (χ0n) is 11.6. The summed E-state index contributed by atoms with van der Waals surface area (Å²) in [6.07, 6.45) is 0.518. The van der Waals surface area contributed by atoms with Crippen LogP contribution in [0.3, 0.4) is 0 Å². The second kappa shape index (κ2) is 7.09. The van der Waals surface area contributed by atoms with Crippen LogP contribution in [0.15, 0.2) is 53.2 Å². The van der Waals surface area contributed by atoms with Gasteiger partial charge in [0.25, 0.3) is 0 Å². The molecule has 0 aliphatic rings. The predicted molar refractivity (Wildman–Crippen MR) is 97.0 cm³/mol. The fourth-order valence-electron chi connectivity index (χ4n) is 1.95. The number of hydrogen-bond acceptors (Lipinski definition) is 5. The molecule has 0 saturated heterocycles. The van der Waals surface area contributed by atoms with Crippen LogP contribution in [0.25, 0.3) is 9.88 Å². The highest BCUT2D eigenvalue weighted by Gasteiger charge is 2.17. The first-order valence-corrected chi connectivity index (χ1v) is 9.02. The summed E-state index contributed by atoms with van der Waals surface area (Å²) in [6.45, 7) is 0. The first-order valence-electron chi connectivity index (χ1n) is 6.74. The Morgan fingerprint density at radius 2 is 2.00 bits per heavy atom. The molecule has 0 spiro atoms. The summed E-state index contributed by atoms with van der Waals surface area (Å²) in [5.41, 5.74) is 1.68. The number of carbonyl (C=O) groups excluding carboxylic acids is 1. The van der Waals surface area contributed by atoms with Crippen molar-refractivity contribution in [3.8, 4) is 9.88 Å². The van der Waals surface area contributed by atoms with Crippen LogP contribution in [0.2, 0.25) is 0 Å². The topological polar surface area (TPSA) is 42.0 Å². The van der Waals surface area contributed by atoms with Crippen LogP contribution in [-0.2, 0) is 11.2 Å². The Bertz CT molecular complexity index is 738. The van der Waals surface area contributed by atoms with E-state index in [-0.39, 0.29) is 5.91 Å². The summed E-state index contributed by atoms with van der Waals surface area (Å²) < 4.78 is 0. The van der Waals surface area contributed by atoms with Gasteiger partial charge in [-0.3, -0.25) is 4.79 Å². The second-order valence-electron chi connectivity index (χ2n) is 4.70. The number of para-hydroxylation sites is 1. The van der Waals surface area contributed by atoms with Crippen molar-refractivity contribution in [1.29, 1.82) is 0 Å². The fraction of sp³-hybridized carbons (Fsp3) is 0.125. The number of amides is 1. The molecule has 2 aromatic heterocycles. The first kappa shape index (κ1) is 15.3. The molecule has 2 heterocycles. The van der Waals surface area contributed by atoms with Crippen LogP contribution in [0, 0.1) is 0 Å². The van der Waals surface area contributed by atoms with E-state index in [2.05, 4.69) is 22.9 Å². The Balaban J connectivity index is 1.62. The fourth-order valence-corrected chi connectivity index (χ4v) is 3.85. The minimum atomic E-state index is -0.418. The number of thiazole rings is 1. The van der Waals surface area contributed by atoms with Crippen molar-refractivity contribution in [3.05, 3.63) is 58.9 Å². The highest BCUT2D eigenvalue weighted by Crippen LogP contribution is 2.28. The molecule has 0 radical (unpaired) electrons. The lowest BCUT2D eigenvalue weighted by atomic mass is 10.2. The van der Waals surface area contributed by atoms with Crippen molar-refractivity contribution in [3.63, 3.8) is 0 Å². The van der Waals surface area contributed by atoms with Gasteiger partial charge < -0.3 is 5.32 Å². The van der Waals surface area contributed by atoms with E-state index in [1.807, 2.05) is 53.2 Å². The van der Waals surface area contributed by atoms with E-state index in [0.717, 1.165) is 21.3 Å². The minimum Gasteiger partial charge on any atom is -0.325 e. The van der Waals surface area contributed by atoms with Gasteiger partial charge in [-0.1, -0.05) is 24.3 Å². The Kier molecular flexibility index (Phi) is 4.92. The van der Waals surface area contributed by atoms with Gasteiger partial charge in [0.05, 0.1) is 15.8 Å². The number of anilines is 1. The molecule has 3 nitrogen and oxygen atoms in total. The molecule has 0 aliphatic heterocycles. The molecule has 0 saturated carbocycles. The third-order valence-electron chi connectivity index (χ3n) is 3.03. The van der Waals surface area contributed by atoms with Crippen molar-refractivity contribution >= 4 is 46.9 Å². The van der Waals surface area contributed by atoms with Gasteiger partial charge in [0.1, 0.15) is 5.01 Å². The standard InChI is InChI=1S/C16H14N2OS3/c19-15(17-11-5-2-1-3-6-11)13(20)9-12-10-22-16(18-12)14-7-4-8-21-14/h1-8,10,13,20H,9H2,(H,17,19). The van der Waals surface area contributed by atoms with Gasteiger partial charge in [0, 0.05) is 17.5 Å². The van der Waals surface area contributed by atoms with Gasteiger partial charge >= 0.3 is 0 Å². The molecule has 1 N–H and O–H groups in total. The lowest BCUT2D eigenvalue weighted by Crippen LogP contribution is -2.25. The maximum Gasteiger partial charge on any atom is 0.237 e. The predicted octanol–water partition coefficient (Wildman–Crippen LogP) is 4.35. The molecule has 1 atom stereocenters. The van der Waals surface area contributed by atoms with E-state index in [9.17, 15) is 4.79 Å². The van der Waals surface area contributed by atoms with Gasteiger partial charge in [-0.2, -0.15) is 12.6 Å². The molecule has 112 valence electrons. The van der Waals surface area contributed by atoms with Crippen molar-refractivity contribution in [2.24, 2.45) is 0 Å². The minimum absolute atomic E-state index is 0.111. The van der Waals surface area contributed by atoms with Gasteiger partial charge in [-0.15, -0.1) is 22.7 Å². The van der Waals surface area contributed by atoms with Crippen LogP contribution in [0.4, 0.5) is 5.69 Å². The van der Waals surface area contributed by atoms with Gasteiger partial charge in [0.15, 0.2) is 0 Å². The third kappa shape index (κ3) is 3.76. The Morgan fingerprint density at radius 3 is 2.73 bits per heavy atom. The number of benzene rings is 1. The molecule has 3 aromatic rings. The molecular weight excluding hydrogens is 332 g/mol. The van der Waals surface area contributed by atoms with Crippen LogP contribution in [-0.4, -0.2) is 16.1 Å². The number of carbonyl (C=O) groups is 1. The lowest BCUT2D eigenvalue weighted by Gasteiger charge is -2.10. The largest absolute Gasteiger partial charge is 0.325 e. The average Bonchev–Trinajstić information content (AvgIpc) is 3.19. The van der Waals surface area contributed by atoms with Crippen molar-refractivity contribution in [1.82, 2.24) is 4.98 Å². The van der Waals surface area contributed by atoms with Crippen molar-refractivity contribution < 1.29 is 4.79 Å². The van der Waals surface area contributed by atoms with Crippen LogP contribution in [0.5, 0.6) is 0 Å². The summed E-state index contributed by atoms with van der Waals surface area (Å²) >= 11 is 7.67. The number of hydrogen-bond donors (Lipinski definition) is 2. The quantitative estimate of drug-likeness (QED) is 0.674. The van der Waals surface area contributed by atoms with Crippen molar-refractivity contribution in [2.75, 3.05) is 5.32 Å².